The molecule has 0 bridgehead atoms. The second kappa shape index (κ2) is 4.49. The molecule has 82 valence electrons. The zero-order chi connectivity index (χ0) is 11.5. The molecule has 15 heavy (non-hydrogen) atoms. The Bertz CT molecular complexity index is 358. The van der Waals surface area contributed by atoms with E-state index in [4.69, 9.17) is 5.73 Å². The lowest BCUT2D eigenvalue weighted by Gasteiger charge is -2.17. The number of pyridine rings is 1. The van der Waals surface area contributed by atoms with Crippen molar-refractivity contribution in [3.63, 3.8) is 0 Å². The molecule has 1 aromatic heterocycles. The highest BCUT2D eigenvalue weighted by Crippen LogP contribution is 2.13. The highest BCUT2D eigenvalue weighted by Gasteiger charge is 2.16. The molecule has 1 aromatic rings. The summed E-state index contributed by atoms with van der Waals surface area (Å²) >= 11 is 0. The number of Topliss-reactive ketones (excluding diaryl/α,β-unsaturated/α-hetero) is 1. The first kappa shape index (κ1) is 11.8. The molecule has 0 spiro atoms. The summed E-state index contributed by atoms with van der Waals surface area (Å²) in [5, 5.41) is 0. The highest BCUT2D eigenvalue weighted by atomic mass is 19.1. The Hall–Kier alpha value is -1.29. The number of hydrogen-bond donors (Lipinski definition) is 1. The maximum Gasteiger partial charge on any atom is 0.166 e. The van der Waals surface area contributed by atoms with E-state index in [0.717, 1.165) is 6.20 Å². The van der Waals surface area contributed by atoms with E-state index in [2.05, 4.69) is 4.98 Å². The summed E-state index contributed by atoms with van der Waals surface area (Å²) in [6.07, 6.45) is 3.24. The van der Waals surface area contributed by atoms with E-state index in [9.17, 15) is 9.18 Å². The molecule has 0 aliphatic heterocycles. The number of aromatic nitrogens is 1. The van der Waals surface area contributed by atoms with E-state index in [0.29, 0.717) is 6.42 Å². The summed E-state index contributed by atoms with van der Waals surface area (Å²) in [6.45, 7) is 3.67. The molecule has 3 nitrogen and oxygen atoms in total. The fraction of sp³-hybridized carbons (Fsp3) is 0.455. The maximum absolute atomic E-state index is 13.1. The van der Waals surface area contributed by atoms with Crippen LogP contribution in [-0.2, 0) is 0 Å². The van der Waals surface area contributed by atoms with Gasteiger partial charge >= 0.3 is 0 Å². The van der Waals surface area contributed by atoms with Gasteiger partial charge in [0.2, 0.25) is 0 Å². The van der Waals surface area contributed by atoms with E-state index in [-0.39, 0.29) is 17.8 Å². The monoisotopic (exact) mass is 210 g/mol. The first-order valence-electron chi connectivity index (χ1n) is 4.82. The quantitative estimate of drug-likeness (QED) is 0.772. The molecule has 1 heterocycles. The summed E-state index contributed by atoms with van der Waals surface area (Å²) in [6, 6.07) is 1.39. The van der Waals surface area contributed by atoms with E-state index < -0.39 is 11.4 Å². The number of nitrogens with zero attached hydrogens (tertiary/aromatic N) is 1. The van der Waals surface area contributed by atoms with Crippen LogP contribution in [0.2, 0.25) is 0 Å². The van der Waals surface area contributed by atoms with Gasteiger partial charge in [0.15, 0.2) is 11.6 Å². The second-order valence-electron chi connectivity index (χ2n) is 4.27. The first-order chi connectivity index (χ1) is 6.90. The molecule has 0 amide bonds. The van der Waals surface area contributed by atoms with Crippen LogP contribution in [0.1, 0.15) is 37.0 Å². The molecule has 0 unspecified atom stereocenters. The molecule has 0 atom stereocenters. The Balaban J connectivity index is 2.66. The number of rotatable bonds is 4. The second-order valence-corrected chi connectivity index (χ2v) is 4.27. The molecule has 0 saturated carbocycles. The predicted molar refractivity (Wildman–Crippen MR) is 56.0 cm³/mol. The van der Waals surface area contributed by atoms with Gasteiger partial charge in [0.05, 0.1) is 11.8 Å². The Morgan fingerprint density at radius 1 is 1.60 bits per heavy atom. The van der Waals surface area contributed by atoms with Crippen molar-refractivity contribution in [1.29, 1.82) is 0 Å². The minimum Gasteiger partial charge on any atom is -0.326 e. The lowest BCUT2D eigenvalue weighted by Crippen LogP contribution is -2.32. The lowest BCUT2D eigenvalue weighted by molar-refractivity contribution is 0.0968. The van der Waals surface area contributed by atoms with Gasteiger partial charge in [-0.3, -0.25) is 9.78 Å². The van der Waals surface area contributed by atoms with Gasteiger partial charge in [0.25, 0.3) is 0 Å². The van der Waals surface area contributed by atoms with Crippen molar-refractivity contribution in [3.05, 3.63) is 29.8 Å². The van der Waals surface area contributed by atoms with Gasteiger partial charge in [0, 0.05) is 18.2 Å². The van der Waals surface area contributed by atoms with Crippen LogP contribution in [0.25, 0.3) is 0 Å². The molecule has 2 N–H and O–H groups in total. The minimum atomic E-state index is -0.572. The van der Waals surface area contributed by atoms with Crippen molar-refractivity contribution in [2.24, 2.45) is 5.73 Å². The van der Waals surface area contributed by atoms with Crippen LogP contribution in [0.3, 0.4) is 0 Å². The van der Waals surface area contributed by atoms with Crippen LogP contribution in [-0.4, -0.2) is 16.3 Å². The van der Waals surface area contributed by atoms with Crippen LogP contribution >= 0.6 is 0 Å². The summed E-state index contributed by atoms with van der Waals surface area (Å²) in [4.78, 5) is 15.2. The molecule has 1 rings (SSSR count). The van der Waals surface area contributed by atoms with Crippen molar-refractivity contribution < 1.29 is 9.18 Å². The smallest absolute Gasteiger partial charge is 0.166 e. The van der Waals surface area contributed by atoms with Crippen molar-refractivity contribution in [3.8, 4) is 0 Å². The largest absolute Gasteiger partial charge is 0.326 e. The molecule has 0 fully saturated rings. The molecular weight excluding hydrogens is 195 g/mol. The van der Waals surface area contributed by atoms with Crippen LogP contribution in [0.15, 0.2) is 18.5 Å². The van der Waals surface area contributed by atoms with Gasteiger partial charge in [-0.2, -0.15) is 0 Å². The summed E-state index contributed by atoms with van der Waals surface area (Å²) in [5.41, 5.74) is 5.43. The van der Waals surface area contributed by atoms with E-state index in [1.54, 1.807) is 0 Å². The average molecular weight is 210 g/mol. The number of ketones is 1. The fourth-order valence-electron chi connectivity index (χ4n) is 1.17. The molecule has 0 aliphatic carbocycles. The number of carbonyl (C=O) groups excluding carboxylic acids is 1. The van der Waals surface area contributed by atoms with Gasteiger partial charge < -0.3 is 5.73 Å². The van der Waals surface area contributed by atoms with Crippen LogP contribution in [0.4, 0.5) is 4.39 Å². The van der Waals surface area contributed by atoms with E-state index in [1.807, 2.05) is 13.8 Å². The third kappa shape index (κ3) is 3.75. The Kier molecular flexibility index (Phi) is 3.52. The Labute approximate surface area is 88.5 Å². The van der Waals surface area contributed by atoms with Crippen molar-refractivity contribution >= 4 is 5.78 Å². The maximum atomic E-state index is 13.1. The molecular formula is C11H15FN2O. The third-order valence-electron chi connectivity index (χ3n) is 2.07. The zero-order valence-corrected chi connectivity index (χ0v) is 8.96. The summed E-state index contributed by atoms with van der Waals surface area (Å²) in [7, 11) is 0. The molecule has 4 heteroatoms. The molecule has 0 aromatic carbocycles. The third-order valence-corrected chi connectivity index (χ3v) is 2.07. The summed E-state index contributed by atoms with van der Waals surface area (Å²) < 4.78 is 13.1. The van der Waals surface area contributed by atoms with Gasteiger partial charge in [-0.25, -0.2) is 4.39 Å². The lowest BCUT2D eigenvalue weighted by atomic mass is 9.96. The van der Waals surface area contributed by atoms with E-state index in [1.165, 1.54) is 12.3 Å². The SMILES string of the molecule is CC(C)(N)CCC(=O)c1ccncc1F. The molecule has 0 radical (unpaired) electrons. The summed E-state index contributed by atoms with van der Waals surface area (Å²) in [5.74, 6) is -0.800. The topological polar surface area (TPSA) is 56.0 Å². The van der Waals surface area contributed by atoms with Crippen molar-refractivity contribution in [2.75, 3.05) is 0 Å². The molecule has 0 aliphatic rings. The van der Waals surface area contributed by atoms with Crippen LogP contribution in [0, 0.1) is 5.82 Å². The van der Waals surface area contributed by atoms with Crippen molar-refractivity contribution in [2.45, 2.75) is 32.2 Å². The van der Waals surface area contributed by atoms with Crippen LogP contribution in [0.5, 0.6) is 0 Å². The highest BCUT2D eigenvalue weighted by molar-refractivity contribution is 5.96. The Morgan fingerprint density at radius 2 is 2.27 bits per heavy atom. The molecule has 0 saturated heterocycles. The number of halogens is 1. The fourth-order valence-corrected chi connectivity index (χ4v) is 1.17. The number of carbonyl (C=O) groups is 1. The Morgan fingerprint density at radius 3 is 2.80 bits per heavy atom. The van der Waals surface area contributed by atoms with Crippen LogP contribution < -0.4 is 5.73 Å². The normalized spacial score (nSPS) is 11.5. The van der Waals surface area contributed by atoms with Gasteiger partial charge in [0.1, 0.15) is 0 Å². The number of hydrogen-bond acceptors (Lipinski definition) is 3. The first-order valence-corrected chi connectivity index (χ1v) is 4.82. The van der Waals surface area contributed by atoms with Crippen molar-refractivity contribution in [1.82, 2.24) is 4.98 Å². The minimum absolute atomic E-state index is 0.0919. The predicted octanol–water partition coefficient (Wildman–Crippen LogP) is 1.92. The standard InChI is InChI=1S/C11H15FN2O/c1-11(2,13)5-3-10(15)8-4-6-14-7-9(8)12/h4,6-7H,3,5,13H2,1-2H3. The average Bonchev–Trinajstić information content (AvgIpc) is 2.14. The van der Waals surface area contributed by atoms with Gasteiger partial charge in [-0.15, -0.1) is 0 Å². The van der Waals surface area contributed by atoms with Gasteiger partial charge in [-0.1, -0.05) is 0 Å². The van der Waals surface area contributed by atoms with Gasteiger partial charge in [-0.05, 0) is 26.3 Å². The zero-order valence-electron chi connectivity index (χ0n) is 8.96. The number of nitrogens with two attached hydrogens (primary N) is 1. The van der Waals surface area contributed by atoms with E-state index >= 15 is 0 Å².